The van der Waals surface area contributed by atoms with Crippen LogP contribution in [-0.4, -0.2) is 33.6 Å². The standard InChI is InChI=1S/C24H28N4O3S2/c1-4-13(2)11-17-14(3)33-23-20(17)22(31)27-24(28-23)32-12-19(29)26-18-8-6-5-7-16(18)21(30)25-15-9-10-15/h5-8,13,15H,4,9-12H2,1-3H3,(H,25,30)(H,26,29)(H,27,28,31). The lowest BCUT2D eigenvalue weighted by Crippen LogP contribution is -2.27. The minimum Gasteiger partial charge on any atom is -0.349 e. The van der Waals surface area contributed by atoms with Crippen LogP contribution in [0.25, 0.3) is 10.2 Å². The first-order valence-electron chi connectivity index (χ1n) is 11.2. The van der Waals surface area contributed by atoms with E-state index in [1.165, 1.54) is 23.1 Å². The number of aryl methyl sites for hydroxylation is 1. The van der Waals surface area contributed by atoms with E-state index >= 15 is 0 Å². The molecule has 1 atom stereocenters. The molecule has 0 aliphatic heterocycles. The van der Waals surface area contributed by atoms with Crippen molar-refractivity contribution in [2.24, 2.45) is 5.92 Å². The summed E-state index contributed by atoms with van der Waals surface area (Å²) in [5.41, 5.74) is 1.83. The fourth-order valence-corrected chi connectivity index (χ4v) is 5.34. The van der Waals surface area contributed by atoms with Crippen LogP contribution in [0.3, 0.4) is 0 Å². The van der Waals surface area contributed by atoms with Gasteiger partial charge in [-0.1, -0.05) is 44.2 Å². The maximum absolute atomic E-state index is 12.8. The Bertz CT molecular complexity index is 1250. The van der Waals surface area contributed by atoms with Crippen LogP contribution in [0, 0.1) is 12.8 Å². The van der Waals surface area contributed by atoms with Crippen molar-refractivity contribution in [2.45, 2.75) is 57.7 Å². The van der Waals surface area contributed by atoms with E-state index in [-0.39, 0.29) is 29.2 Å². The van der Waals surface area contributed by atoms with Crippen molar-refractivity contribution in [1.29, 1.82) is 0 Å². The van der Waals surface area contributed by atoms with Crippen LogP contribution >= 0.6 is 23.1 Å². The third kappa shape index (κ3) is 5.65. The second-order valence-corrected chi connectivity index (χ2v) is 10.7. The average molecular weight is 485 g/mol. The first kappa shape index (κ1) is 23.5. The third-order valence-electron chi connectivity index (χ3n) is 5.79. The fourth-order valence-electron chi connectivity index (χ4n) is 3.56. The molecule has 1 fully saturated rings. The van der Waals surface area contributed by atoms with Gasteiger partial charge in [-0.25, -0.2) is 4.98 Å². The molecular formula is C24H28N4O3S2. The predicted octanol–water partition coefficient (Wildman–Crippen LogP) is 4.50. The number of para-hydroxylation sites is 1. The molecule has 1 aliphatic carbocycles. The van der Waals surface area contributed by atoms with Crippen LogP contribution < -0.4 is 16.2 Å². The molecule has 1 saturated carbocycles. The number of thioether (sulfide) groups is 1. The van der Waals surface area contributed by atoms with E-state index in [4.69, 9.17) is 0 Å². The maximum Gasteiger partial charge on any atom is 0.260 e. The largest absolute Gasteiger partial charge is 0.349 e. The molecule has 3 aromatic rings. The summed E-state index contributed by atoms with van der Waals surface area (Å²) in [7, 11) is 0. The van der Waals surface area contributed by atoms with E-state index in [1.807, 2.05) is 6.92 Å². The van der Waals surface area contributed by atoms with Crippen molar-refractivity contribution in [3.63, 3.8) is 0 Å². The van der Waals surface area contributed by atoms with Crippen molar-refractivity contribution in [1.82, 2.24) is 15.3 Å². The normalized spacial score (nSPS) is 14.3. The zero-order valence-electron chi connectivity index (χ0n) is 19.0. The maximum atomic E-state index is 12.8. The number of aromatic amines is 1. The minimum absolute atomic E-state index is 0.0666. The van der Waals surface area contributed by atoms with Gasteiger partial charge in [-0.05, 0) is 49.8 Å². The second-order valence-electron chi connectivity index (χ2n) is 8.54. The molecule has 0 spiro atoms. The summed E-state index contributed by atoms with van der Waals surface area (Å²) in [6, 6.07) is 7.20. The van der Waals surface area contributed by atoms with Crippen LogP contribution in [0.5, 0.6) is 0 Å². The van der Waals surface area contributed by atoms with Crippen molar-refractivity contribution in [3.8, 4) is 0 Å². The fraction of sp³-hybridized carbons (Fsp3) is 0.417. The van der Waals surface area contributed by atoms with Gasteiger partial charge >= 0.3 is 0 Å². The Kier molecular flexibility index (Phi) is 7.19. The molecule has 0 radical (unpaired) electrons. The zero-order chi connectivity index (χ0) is 23.5. The quantitative estimate of drug-likeness (QED) is 0.306. The smallest absolute Gasteiger partial charge is 0.260 e. The van der Waals surface area contributed by atoms with Gasteiger partial charge in [-0.15, -0.1) is 11.3 Å². The number of thiophene rings is 1. The number of rotatable bonds is 9. The highest BCUT2D eigenvalue weighted by atomic mass is 32.2. The van der Waals surface area contributed by atoms with Crippen molar-refractivity contribution in [3.05, 3.63) is 50.6 Å². The molecule has 3 N–H and O–H groups in total. The second kappa shape index (κ2) is 10.1. The number of H-pyrrole nitrogens is 1. The van der Waals surface area contributed by atoms with Crippen LogP contribution in [-0.2, 0) is 11.2 Å². The number of amides is 2. The van der Waals surface area contributed by atoms with Gasteiger partial charge in [0.2, 0.25) is 5.91 Å². The number of carbonyl (C=O) groups excluding carboxylic acids is 2. The van der Waals surface area contributed by atoms with E-state index < -0.39 is 0 Å². The molecule has 174 valence electrons. The number of anilines is 1. The van der Waals surface area contributed by atoms with Gasteiger partial charge in [-0.3, -0.25) is 14.4 Å². The van der Waals surface area contributed by atoms with Crippen molar-refractivity contribution < 1.29 is 9.59 Å². The summed E-state index contributed by atoms with van der Waals surface area (Å²) >= 11 is 2.69. The van der Waals surface area contributed by atoms with E-state index in [9.17, 15) is 14.4 Å². The predicted molar refractivity (Wildman–Crippen MR) is 134 cm³/mol. The summed E-state index contributed by atoms with van der Waals surface area (Å²) in [5.74, 6) is 0.109. The van der Waals surface area contributed by atoms with Gasteiger partial charge in [0.1, 0.15) is 4.83 Å². The molecule has 2 amide bonds. The monoisotopic (exact) mass is 484 g/mol. The Morgan fingerprint density at radius 1 is 1.30 bits per heavy atom. The Hall–Kier alpha value is -2.65. The zero-order valence-corrected chi connectivity index (χ0v) is 20.6. The number of nitrogens with one attached hydrogen (secondary N) is 3. The molecule has 1 aromatic carbocycles. The Labute approximate surface area is 200 Å². The lowest BCUT2D eigenvalue weighted by molar-refractivity contribution is -0.113. The molecule has 4 rings (SSSR count). The number of nitrogens with zero attached hydrogens (tertiary/aromatic N) is 1. The first-order valence-corrected chi connectivity index (χ1v) is 13.0. The Morgan fingerprint density at radius 2 is 2.06 bits per heavy atom. The molecule has 1 aliphatic rings. The first-order chi connectivity index (χ1) is 15.9. The van der Waals surface area contributed by atoms with E-state index in [0.29, 0.717) is 32.5 Å². The summed E-state index contributed by atoms with van der Waals surface area (Å²) in [6.07, 6.45) is 3.90. The number of aromatic nitrogens is 2. The molecule has 0 saturated heterocycles. The van der Waals surface area contributed by atoms with Crippen LogP contribution in [0.1, 0.15) is 53.9 Å². The van der Waals surface area contributed by atoms with Gasteiger partial charge in [0.15, 0.2) is 5.16 Å². The SMILES string of the molecule is CCC(C)Cc1c(C)sc2nc(SCC(=O)Nc3ccccc3C(=O)NC3CC3)[nH]c(=O)c12. The van der Waals surface area contributed by atoms with Crippen molar-refractivity contribution in [2.75, 3.05) is 11.1 Å². The van der Waals surface area contributed by atoms with Crippen LogP contribution in [0.2, 0.25) is 0 Å². The van der Waals surface area contributed by atoms with Gasteiger partial charge in [0, 0.05) is 10.9 Å². The molecule has 2 aromatic heterocycles. The van der Waals surface area contributed by atoms with Gasteiger partial charge < -0.3 is 15.6 Å². The van der Waals surface area contributed by atoms with Gasteiger partial charge in [0.05, 0.1) is 22.4 Å². The topological polar surface area (TPSA) is 104 Å². The van der Waals surface area contributed by atoms with Gasteiger partial charge in [0.25, 0.3) is 11.5 Å². The third-order valence-corrected chi connectivity index (χ3v) is 7.70. The number of fused-ring (bicyclic) bond motifs is 1. The molecular weight excluding hydrogens is 456 g/mol. The number of hydrogen-bond acceptors (Lipinski definition) is 6. The number of carbonyl (C=O) groups is 2. The molecule has 33 heavy (non-hydrogen) atoms. The number of benzene rings is 1. The lowest BCUT2D eigenvalue weighted by atomic mass is 9.98. The summed E-state index contributed by atoms with van der Waals surface area (Å²) < 4.78 is 0. The van der Waals surface area contributed by atoms with E-state index in [2.05, 4.69) is 34.4 Å². The minimum atomic E-state index is -0.269. The Morgan fingerprint density at radius 3 is 2.79 bits per heavy atom. The van der Waals surface area contributed by atoms with E-state index in [1.54, 1.807) is 24.3 Å². The molecule has 0 bridgehead atoms. The Balaban J connectivity index is 1.44. The van der Waals surface area contributed by atoms with Crippen LogP contribution in [0.4, 0.5) is 5.69 Å². The molecule has 2 heterocycles. The van der Waals surface area contributed by atoms with E-state index in [0.717, 1.165) is 36.1 Å². The highest BCUT2D eigenvalue weighted by Crippen LogP contribution is 2.30. The summed E-state index contributed by atoms with van der Waals surface area (Å²) in [5, 5.41) is 6.84. The average Bonchev–Trinajstić information content (AvgIpc) is 3.54. The molecule has 7 nitrogen and oxygen atoms in total. The highest BCUT2D eigenvalue weighted by molar-refractivity contribution is 7.99. The number of hydrogen-bond donors (Lipinski definition) is 3. The molecule has 9 heteroatoms. The summed E-state index contributed by atoms with van der Waals surface area (Å²) in [4.78, 5) is 47.1. The lowest BCUT2D eigenvalue weighted by Gasteiger charge is -2.11. The highest BCUT2D eigenvalue weighted by Gasteiger charge is 2.25. The van der Waals surface area contributed by atoms with Crippen LogP contribution in [0.15, 0.2) is 34.2 Å². The van der Waals surface area contributed by atoms with Gasteiger partial charge in [-0.2, -0.15) is 0 Å². The summed E-state index contributed by atoms with van der Waals surface area (Å²) in [6.45, 7) is 6.36. The van der Waals surface area contributed by atoms with Crippen molar-refractivity contribution >= 4 is 50.8 Å². The molecule has 1 unspecified atom stereocenters.